The SMILES string of the molecule is Nc1ccccc1S(=O)Cc1nc2ccccc2s1. The summed E-state index contributed by atoms with van der Waals surface area (Å²) in [7, 11) is -1.15. The van der Waals surface area contributed by atoms with Gasteiger partial charge in [0.2, 0.25) is 0 Å². The number of rotatable bonds is 3. The summed E-state index contributed by atoms with van der Waals surface area (Å²) < 4.78 is 13.4. The predicted molar refractivity (Wildman–Crippen MR) is 80.6 cm³/mol. The zero-order valence-corrected chi connectivity index (χ0v) is 11.7. The van der Waals surface area contributed by atoms with E-state index in [0.717, 1.165) is 15.2 Å². The molecule has 0 amide bonds. The summed E-state index contributed by atoms with van der Waals surface area (Å²) in [5.41, 5.74) is 7.37. The highest BCUT2D eigenvalue weighted by molar-refractivity contribution is 7.84. The lowest BCUT2D eigenvalue weighted by molar-refractivity contribution is 0.683. The van der Waals surface area contributed by atoms with Crippen LogP contribution in [0, 0.1) is 0 Å². The molecule has 0 aliphatic carbocycles. The van der Waals surface area contributed by atoms with Crippen LogP contribution in [0.3, 0.4) is 0 Å². The van der Waals surface area contributed by atoms with Crippen molar-refractivity contribution in [2.24, 2.45) is 0 Å². The first-order valence-electron chi connectivity index (χ1n) is 5.81. The van der Waals surface area contributed by atoms with Gasteiger partial charge < -0.3 is 5.73 Å². The molecule has 0 aliphatic rings. The third kappa shape index (κ3) is 2.52. The summed E-state index contributed by atoms with van der Waals surface area (Å²) in [4.78, 5) is 5.17. The Labute approximate surface area is 117 Å². The highest BCUT2D eigenvalue weighted by Gasteiger charge is 2.11. The van der Waals surface area contributed by atoms with Crippen molar-refractivity contribution < 1.29 is 4.21 Å². The minimum atomic E-state index is -1.15. The normalized spacial score (nSPS) is 12.6. The lowest BCUT2D eigenvalue weighted by Gasteiger charge is -2.03. The van der Waals surface area contributed by atoms with Gasteiger partial charge in [-0.3, -0.25) is 4.21 Å². The zero-order chi connectivity index (χ0) is 13.2. The highest BCUT2D eigenvalue weighted by Crippen LogP contribution is 2.25. The molecule has 3 aromatic rings. The Morgan fingerprint density at radius 1 is 1.11 bits per heavy atom. The van der Waals surface area contributed by atoms with Gasteiger partial charge >= 0.3 is 0 Å². The summed E-state index contributed by atoms with van der Waals surface area (Å²) in [5.74, 6) is 0.410. The van der Waals surface area contributed by atoms with E-state index in [1.165, 1.54) is 0 Å². The maximum absolute atomic E-state index is 12.3. The number of benzene rings is 2. The van der Waals surface area contributed by atoms with E-state index >= 15 is 0 Å². The van der Waals surface area contributed by atoms with E-state index in [4.69, 9.17) is 5.73 Å². The van der Waals surface area contributed by atoms with E-state index in [2.05, 4.69) is 4.98 Å². The van der Waals surface area contributed by atoms with Gasteiger partial charge in [0.25, 0.3) is 0 Å². The number of anilines is 1. The smallest absolute Gasteiger partial charge is 0.107 e. The van der Waals surface area contributed by atoms with Gasteiger partial charge in [-0.1, -0.05) is 24.3 Å². The molecule has 5 heteroatoms. The lowest BCUT2D eigenvalue weighted by atomic mass is 10.3. The van der Waals surface area contributed by atoms with E-state index in [-0.39, 0.29) is 0 Å². The van der Waals surface area contributed by atoms with Gasteiger partial charge in [0.05, 0.1) is 31.7 Å². The Balaban J connectivity index is 1.89. The zero-order valence-electron chi connectivity index (χ0n) is 10.1. The van der Waals surface area contributed by atoms with Crippen molar-refractivity contribution in [2.45, 2.75) is 10.6 Å². The number of para-hydroxylation sites is 2. The van der Waals surface area contributed by atoms with Crippen LogP contribution >= 0.6 is 11.3 Å². The first-order chi connectivity index (χ1) is 9.24. The van der Waals surface area contributed by atoms with Crippen LogP contribution in [0.25, 0.3) is 10.2 Å². The van der Waals surface area contributed by atoms with Crippen molar-refractivity contribution in [3.05, 3.63) is 53.5 Å². The van der Waals surface area contributed by atoms with Crippen molar-refractivity contribution in [1.29, 1.82) is 0 Å². The monoisotopic (exact) mass is 288 g/mol. The molecular weight excluding hydrogens is 276 g/mol. The highest BCUT2D eigenvalue weighted by atomic mass is 32.2. The second-order valence-corrected chi connectivity index (χ2v) is 6.64. The molecule has 0 spiro atoms. The Morgan fingerprint density at radius 3 is 2.63 bits per heavy atom. The summed E-state index contributed by atoms with van der Waals surface area (Å²) in [6.45, 7) is 0. The molecule has 2 N–H and O–H groups in total. The van der Waals surface area contributed by atoms with Crippen molar-refractivity contribution in [3.8, 4) is 0 Å². The molecule has 1 aromatic heterocycles. The van der Waals surface area contributed by atoms with Gasteiger partial charge in [-0.15, -0.1) is 11.3 Å². The molecule has 1 atom stereocenters. The quantitative estimate of drug-likeness (QED) is 0.753. The van der Waals surface area contributed by atoms with E-state index in [9.17, 15) is 4.21 Å². The van der Waals surface area contributed by atoms with Crippen LogP contribution in [-0.2, 0) is 16.6 Å². The second-order valence-electron chi connectivity index (χ2n) is 4.10. The van der Waals surface area contributed by atoms with Crippen LogP contribution < -0.4 is 5.73 Å². The van der Waals surface area contributed by atoms with Crippen molar-refractivity contribution in [3.63, 3.8) is 0 Å². The number of thiazole rings is 1. The fraction of sp³-hybridized carbons (Fsp3) is 0.0714. The maximum Gasteiger partial charge on any atom is 0.107 e. The molecule has 19 heavy (non-hydrogen) atoms. The van der Waals surface area contributed by atoms with Crippen LogP contribution in [0.15, 0.2) is 53.4 Å². The Morgan fingerprint density at radius 2 is 1.84 bits per heavy atom. The topological polar surface area (TPSA) is 56.0 Å². The average molecular weight is 288 g/mol. The number of nitrogens with two attached hydrogens (primary N) is 1. The molecular formula is C14H12N2OS2. The molecule has 0 radical (unpaired) electrons. The van der Waals surface area contributed by atoms with E-state index < -0.39 is 10.8 Å². The Hall–Kier alpha value is -1.72. The maximum atomic E-state index is 12.3. The first kappa shape index (κ1) is 12.3. The van der Waals surface area contributed by atoms with Crippen LogP contribution in [0.1, 0.15) is 5.01 Å². The Kier molecular flexibility index (Phi) is 3.31. The van der Waals surface area contributed by atoms with Gasteiger partial charge in [0, 0.05) is 5.69 Å². The number of hydrogen-bond donors (Lipinski definition) is 1. The Bertz CT molecular complexity index is 719. The summed E-state index contributed by atoms with van der Waals surface area (Å²) in [6.07, 6.45) is 0. The third-order valence-electron chi connectivity index (χ3n) is 2.76. The molecule has 0 fully saturated rings. The second kappa shape index (κ2) is 5.11. The largest absolute Gasteiger partial charge is 0.398 e. The van der Waals surface area contributed by atoms with Gasteiger partial charge in [-0.25, -0.2) is 4.98 Å². The fourth-order valence-electron chi connectivity index (χ4n) is 1.86. The molecule has 2 aromatic carbocycles. The number of nitrogen functional groups attached to an aromatic ring is 1. The van der Waals surface area contributed by atoms with Crippen LogP contribution in [-0.4, -0.2) is 9.19 Å². The van der Waals surface area contributed by atoms with Gasteiger partial charge in [0.1, 0.15) is 5.01 Å². The van der Waals surface area contributed by atoms with E-state index in [0.29, 0.717) is 16.3 Å². The molecule has 1 unspecified atom stereocenters. The fourth-order valence-corrected chi connectivity index (χ4v) is 4.18. The van der Waals surface area contributed by atoms with Crippen molar-refractivity contribution in [1.82, 2.24) is 4.98 Å². The average Bonchev–Trinajstić information content (AvgIpc) is 2.81. The molecule has 1 heterocycles. The number of hydrogen-bond acceptors (Lipinski definition) is 4. The van der Waals surface area contributed by atoms with Crippen LogP contribution in [0.2, 0.25) is 0 Å². The molecule has 0 bridgehead atoms. The van der Waals surface area contributed by atoms with Crippen molar-refractivity contribution >= 4 is 38.0 Å². The van der Waals surface area contributed by atoms with Crippen molar-refractivity contribution in [2.75, 3.05) is 5.73 Å². The number of nitrogens with zero attached hydrogens (tertiary/aromatic N) is 1. The van der Waals surface area contributed by atoms with Crippen LogP contribution in [0.4, 0.5) is 5.69 Å². The van der Waals surface area contributed by atoms with Crippen LogP contribution in [0.5, 0.6) is 0 Å². The molecule has 0 saturated heterocycles. The summed E-state index contributed by atoms with van der Waals surface area (Å²) in [5, 5.41) is 0.878. The first-order valence-corrected chi connectivity index (χ1v) is 7.95. The number of fused-ring (bicyclic) bond motifs is 1. The third-order valence-corrected chi connectivity index (χ3v) is 5.37. The van der Waals surface area contributed by atoms with E-state index in [1.54, 1.807) is 23.5 Å². The lowest BCUT2D eigenvalue weighted by Crippen LogP contribution is -2.00. The summed E-state index contributed by atoms with van der Waals surface area (Å²) >= 11 is 1.58. The molecule has 0 aliphatic heterocycles. The predicted octanol–water partition coefficient (Wildman–Crippen LogP) is 3.19. The minimum Gasteiger partial charge on any atom is -0.398 e. The van der Waals surface area contributed by atoms with Gasteiger partial charge in [-0.2, -0.15) is 0 Å². The molecule has 96 valence electrons. The molecule has 0 saturated carbocycles. The standard InChI is InChI=1S/C14H12N2OS2/c15-10-5-1-4-8-13(10)19(17)9-14-16-11-6-2-3-7-12(11)18-14/h1-8H,9,15H2. The van der Waals surface area contributed by atoms with E-state index in [1.807, 2.05) is 36.4 Å². The minimum absolute atomic E-state index is 0.410. The molecule has 3 nitrogen and oxygen atoms in total. The number of aromatic nitrogens is 1. The van der Waals surface area contributed by atoms with Gasteiger partial charge in [0.15, 0.2) is 0 Å². The summed E-state index contributed by atoms with van der Waals surface area (Å²) in [6, 6.07) is 15.2. The van der Waals surface area contributed by atoms with Gasteiger partial charge in [-0.05, 0) is 24.3 Å². The molecule has 3 rings (SSSR count).